The van der Waals surface area contributed by atoms with Crippen LogP contribution in [0, 0.1) is 0 Å². The molecule has 1 amide bonds. The van der Waals surface area contributed by atoms with Gasteiger partial charge < -0.3 is 15.2 Å². The number of amides is 1. The van der Waals surface area contributed by atoms with Crippen molar-refractivity contribution >= 4 is 11.9 Å². The number of hydrogen-bond donors (Lipinski definition) is 3. The van der Waals surface area contributed by atoms with Crippen LogP contribution in [0.15, 0.2) is 12.2 Å². The Balaban J connectivity index is 3.15. The molecule has 0 aliphatic carbocycles. The van der Waals surface area contributed by atoms with Crippen LogP contribution in [0.2, 0.25) is 0 Å². The van der Waals surface area contributed by atoms with E-state index >= 15 is 0 Å². The van der Waals surface area contributed by atoms with E-state index in [1.54, 1.807) is 0 Å². The highest BCUT2D eigenvalue weighted by atomic mass is 17.2. The normalized spacial score (nSPS) is 10.9. The zero-order chi connectivity index (χ0) is 15.8. The Morgan fingerprint density at radius 2 is 2.00 bits per heavy atom. The minimum Gasteiger partial charge on any atom is -0.480 e. The van der Waals surface area contributed by atoms with Crippen LogP contribution in [-0.2, 0) is 24.1 Å². The van der Waals surface area contributed by atoms with Crippen molar-refractivity contribution in [2.75, 3.05) is 39.6 Å². The summed E-state index contributed by atoms with van der Waals surface area (Å²) in [6.07, 6.45) is 5.07. The molecule has 0 rings (SSSR count). The molecule has 0 radical (unpaired) electrons. The summed E-state index contributed by atoms with van der Waals surface area (Å²) < 4.78 is 5.21. The number of allylic oxidation sites excluding steroid dienone is 2. The number of aliphatic carboxylic acids is 1. The molecule has 0 saturated heterocycles. The fourth-order valence-corrected chi connectivity index (χ4v) is 1.23. The highest BCUT2D eigenvalue weighted by Gasteiger charge is 1.98. The van der Waals surface area contributed by atoms with E-state index in [9.17, 15) is 9.59 Å². The fraction of sp³-hybridized carbons (Fsp3) is 0.692. The molecule has 0 aliphatic rings. The number of carboxylic acid groups (broad SMARTS) is 1. The number of carboxylic acids is 1. The second kappa shape index (κ2) is 14.9. The van der Waals surface area contributed by atoms with Gasteiger partial charge in [0, 0.05) is 13.0 Å². The lowest BCUT2D eigenvalue weighted by atomic mass is 10.3. The van der Waals surface area contributed by atoms with Gasteiger partial charge in [0.15, 0.2) is 0 Å². The molecular formula is C13H24N2O6. The van der Waals surface area contributed by atoms with Crippen LogP contribution in [0.25, 0.3) is 0 Å². The summed E-state index contributed by atoms with van der Waals surface area (Å²) in [5.41, 5.74) is 0. The minimum absolute atomic E-state index is 0.000730. The molecule has 0 saturated carbocycles. The van der Waals surface area contributed by atoms with Gasteiger partial charge in [-0.25, -0.2) is 9.78 Å². The van der Waals surface area contributed by atoms with E-state index in [1.165, 1.54) is 0 Å². The Kier molecular flexibility index (Phi) is 13.9. The molecule has 0 atom stereocenters. The summed E-state index contributed by atoms with van der Waals surface area (Å²) in [6.45, 7) is 3.13. The number of hydrogen-bond acceptors (Lipinski definition) is 6. The van der Waals surface area contributed by atoms with Crippen LogP contribution < -0.4 is 10.6 Å². The van der Waals surface area contributed by atoms with Gasteiger partial charge in [-0.2, -0.15) is 0 Å². The van der Waals surface area contributed by atoms with Crippen LogP contribution in [0.3, 0.4) is 0 Å². The minimum atomic E-state index is -0.963. The summed E-state index contributed by atoms with van der Waals surface area (Å²) in [5, 5.41) is 13.5. The zero-order valence-electron chi connectivity index (χ0n) is 12.3. The molecule has 0 aromatic heterocycles. The molecule has 0 bridgehead atoms. The number of carbonyl (C=O) groups is 2. The monoisotopic (exact) mass is 304 g/mol. The Hall–Kier alpha value is -1.48. The van der Waals surface area contributed by atoms with Crippen molar-refractivity contribution in [3.63, 3.8) is 0 Å². The highest BCUT2D eigenvalue weighted by molar-refractivity contribution is 5.75. The van der Waals surface area contributed by atoms with Gasteiger partial charge in [0.1, 0.15) is 13.3 Å². The molecule has 0 aromatic rings. The molecule has 8 nitrogen and oxygen atoms in total. The largest absolute Gasteiger partial charge is 0.480 e. The van der Waals surface area contributed by atoms with Gasteiger partial charge in [-0.3, -0.25) is 14.9 Å². The topological polar surface area (TPSA) is 106 Å². The summed E-state index contributed by atoms with van der Waals surface area (Å²) in [4.78, 5) is 30.8. The predicted octanol–water partition coefficient (Wildman–Crippen LogP) is 0.0554. The third-order valence-electron chi connectivity index (χ3n) is 2.17. The Morgan fingerprint density at radius 1 is 1.19 bits per heavy atom. The molecule has 3 N–H and O–H groups in total. The molecule has 0 aromatic carbocycles. The second-order valence-electron chi connectivity index (χ2n) is 3.97. The van der Waals surface area contributed by atoms with Crippen molar-refractivity contribution in [3.05, 3.63) is 12.2 Å². The quantitative estimate of drug-likeness (QED) is 0.137. The average molecular weight is 304 g/mol. The lowest BCUT2D eigenvalue weighted by Gasteiger charge is -2.07. The first-order chi connectivity index (χ1) is 10.2. The molecule has 0 spiro atoms. The van der Waals surface area contributed by atoms with Gasteiger partial charge in [0.25, 0.3) is 0 Å². The first-order valence-corrected chi connectivity index (χ1v) is 6.79. The smallest absolute Gasteiger partial charge is 0.317 e. The number of ether oxygens (including phenoxy) is 1. The maximum Gasteiger partial charge on any atom is 0.317 e. The van der Waals surface area contributed by atoms with Crippen LogP contribution in [0.4, 0.5) is 0 Å². The molecule has 21 heavy (non-hydrogen) atoms. The first kappa shape index (κ1) is 19.5. The van der Waals surface area contributed by atoms with E-state index in [0.29, 0.717) is 26.2 Å². The summed E-state index contributed by atoms with van der Waals surface area (Å²) >= 11 is 0. The second-order valence-corrected chi connectivity index (χ2v) is 3.97. The molecule has 0 aliphatic heterocycles. The summed E-state index contributed by atoms with van der Waals surface area (Å²) in [6, 6.07) is 0. The maximum absolute atomic E-state index is 11.3. The predicted molar refractivity (Wildman–Crippen MR) is 75.4 cm³/mol. The third-order valence-corrected chi connectivity index (χ3v) is 2.17. The van der Waals surface area contributed by atoms with E-state index in [4.69, 9.17) is 14.7 Å². The van der Waals surface area contributed by atoms with E-state index in [0.717, 1.165) is 6.42 Å². The van der Waals surface area contributed by atoms with Crippen molar-refractivity contribution in [3.8, 4) is 0 Å². The Bertz CT molecular complexity index is 309. The number of nitrogens with one attached hydrogen (secondary N) is 2. The number of carbonyl (C=O) groups excluding carboxylic acids is 1. The lowest BCUT2D eigenvalue weighted by Crippen LogP contribution is -2.27. The molecule has 8 heteroatoms. The van der Waals surface area contributed by atoms with Crippen LogP contribution in [0.5, 0.6) is 0 Å². The average Bonchev–Trinajstić information content (AvgIpc) is 2.44. The first-order valence-electron chi connectivity index (χ1n) is 6.79. The van der Waals surface area contributed by atoms with Gasteiger partial charge in [0.05, 0.1) is 19.8 Å². The van der Waals surface area contributed by atoms with E-state index in [2.05, 4.69) is 15.5 Å². The van der Waals surface area contributed by atoms with Crippen LogP contribution >= 0.6 is 0 Å². The number of rotatable bonds is 14. The molecule has 122 valence electrons. The molecule has 0 heterocycles. The highest BCUT2D eigenvalue weighted by Crippen LogP contribution is 1.90. The van der Waals surface area contributed by atoms with Gasteiger partial charge in [-0.1, -0.05) is 12.2 Å². The van der Waals surface area contributed by atoms with Gasteiger partial charge in [-0.05, 0) is 13.3 Å². The molecule has 0 fully saturated rings. The van der Waals surface area contributed by atoms with Crippen molar-refractivity contribution in [1.29, 1.82) is 0 Å². The van der Waals surface area contributed by atoms with Gasteiger partial charge in [-0.15, -0.1) is 0 Å². The van der Waals surface area contributed by atoms with Gasteiger partial charge in [0.2, 0.25) is 5.91 Å². The SMILES string of the molecule is CC=CCCC(=O)NCCOCCOOCNCC(=O)O. The van der Waals surface area contributed by atoms with Gasteiger partial charge >= 0.3 is 5.97 Å². The Morgan fingerprint density at radius 3 is 2.71 bits per heavy atom. The summed E-state index contributed by atoms with van der Waals surface area (Å²) in [5.74, 6) is -0.963. The lowest BCUT2D eigenvalue weighted by molar-refractivity contribution is -0.302. The van der Waals surface area contributed by atoms with E-state index in [-0.39, 0.29) is 25.8 Å². The fourth-order valence-electron chi connectivity index (χ4n) is 1.23. The zero-order valence-corrected chi connectivity index (χ0v) is 12.3. The van der Waals surface area contributed by atoms with Crippen molar-refractivity contribution in [2.24, 2.45) is 0 Å². The molecular weight excluding hydrogens is 280 g/mol. The summed E-state index contributed by atoms with van der Waals surface area (Å²) in [7, 11) is 0. The third kappa shape index (κ3) is 16.5. The standard InChI is InChI=1S/C13H24N2O6/c1-2-3-4-5-12(16)15-6-7-19-8-9-20-21-11-14-10-13(17)18/h2-3,14H,4-11H2,1H3,(H,15,16)(H,17,18). The van der Waals surface area contributed by atoms with Crippen LogP contribution in [0.1, 0.15) is 19.8 Å². The Labute approximate surface area is 124 Å². The van der Waals surface area contributed by atoms with E-state index in [1.807, 2.05) is 19.1 Å². The van der Waals surface area contributed by atoms with Crippen LogP contribution in [-0.4, -0.2) is 56.6 Å². The maximum atomic E-state index is 11.3. The van der Waals surface area contributed by atoms with E-state index < -0.39 is 5.97 Å². The van der Waals surface area contributed by atoms with Crippen molar-refractivity contribution in [2.45, 2.75) is 19.8 Å². The van der Waals surface area contributed by atoms with Crippen molar-refractivity contribution in [1.82, 2.24) is 10.6 Å². The van der Waals surface area contributed by atoms with Crippen molar-refractivity contribution < 1.29 is 29.2 Å². The molecule has 0 unspecified atom stereocenters.